The molecule has 2 rings (SSSR count). The van der Waals surface area contributed by atoms with Crippen LogP contribution in [0, 0.1) is 5.92 Å². The van der Waals surface area contributed by atoms with Crippen LogP contribution in [0.15, 0.2) is 18.2 Å². The summed E-state index contributed by atoms with van der Waals surface area (Å²) in [6.45, 7) is 3.15. The predicted molar refractivity (Wildman–Crippen MR) is 79.8 cm³/mol. The zero-order valence-electron chi connectivity index (χ0n) is 11.1. The normalized spacial score (nSPS) is 20.1. The summed E-state index contributed by atoms with van der Waals surface area (Å²) >= 11 is 11.8. The minimum absolute atomic E-state index is 0.175. The van der Waals surface area contributed by atoms with Crippen LogP contribution in [-0.4, -0.2) is 44.1 Å². The lowest BCUT2D eigenvalue weighted by Crippen LogP contribution is -2.34. The number of nitrogens with one attached hydrogen (secondary N) is 1. The molecule has 4 nitrogen and oxygen atoms in total. The van der Waals surface area contributed by atoms with Crippen molar-refractivity contribution in [1.29, 1.82) is 0 Å². The van der Waals surface area contributed by atoms with Gasteiger partial charge < -0.3 is 19.9 Å². The average Bonchev–Trinajstić information content (AvgIpc) is 2.93. The summed E-state index contributed by atoms with van der Waals surface area (Å²) in [4.78, 5) is 0. The van der Waals surface area contributed by atoms with E-state index >= 15 is 0 Å². The molecule has 1 aliphatic rings. The molecule has 0 aliphatic carbocycles. The summed E-state index contributed by atoms with van der Waals surface area (Å²) in [5, 5.41) is 14.1. The summed E-state index contributed by atoms with van der Waals surface area (Å²) in [5.74, 6) is 1.04. The maximum absolute atomic E-state index is 9.85. The second kappa shape index (κ2) is 8.05. The molecule has 2 unspecified atom stereocenters. The van der Waals surface area contributed by atoms with Crippen LogP contribution in [0.25, 0.3) is 0 Å². The number of ether oxygens (including phenoxy) is 2. The highest BCUT2D eigenvalue weighted by molar-refractivity contribution is 6.34. The Morgan fingerprint density at radius 1 is 1.45 bits per heavy atom. The average molecular weight is 320 g/mol. The van der Waals surface area contributed by atoms with Crippen LogP contribution in [0.4, 0.5) is 0 Å². The highest BCUT2D eigenvalue weighted by atomic mass is 35.5. The molecule has 2 atom stereocenters. The second-order valence-corrected chi connectivity index (χ2v) is 5.77. The molecule has 1 aromatic rings. The zero-order valence-corrected chi connectivity index (χ0v) is 12.7. The van der Waals surface area contributed by atoms with Crippen molar-refractivity contribution in [3.63, 3.8) is 0 Å². The molecule has 1 saturated heterocycles. The van der Waals surface area contributed by atoms with Gasteiger partial charge in [0.1, 0.15) is 18.5 Å². The Balaban J connectivity index is 1.66. The second-order valence-electron chi connectivity index (χ2n) is 4.93. The van der Waals surface area contributed by atoms with Gasteiger partial charge in [0, 0.05) is 30.8 Å². The third-order valence-corrected chi connectivity index (χ3v) is 3.71. The molecule has 112 valence electrons. The first kappa shape index (κ1) is 15.9. The number of aliphatic hydroxyl groups excluding tert-OH is 1. The molecule has 0 radical (unpaired) electrons. The lowest BCUT2D eigenvalue weighted by molar-refractivity contribution is 0.105. The Hall–Kier alpha value is -0.520. The Bertz CT molecular complexity index is 425. The van der Waals surface area contributed by atoms with Crippen LogP contribution in [0.5, 0.6) is 5.75 Å². The molecule has 1 heterocycles. The van der Waals surface area contributed by atoms with Gasteiger partial charge in [0.2, 0.25) is 0 Å². The van der Waals surface area contributed by atoms with Gasteiger partial charge in [0.05, 0.1) is 11.6 Å². The van der Waals surface area contributed by atoms with Crippen molar-refractivity contribution in [2.24, 2.45) is 5.92 Å². The van der Waals surface area contributed by atoms with E-state index in [0.717, 1.165) is 26.2 Å². The van der Waals surface area contributed by atoms with E-state index in [2.05, 4.69) is 5.32 Å². The predicted octanol–water partition coefficient (Wildman–Crippen LogP) is 2.36. The van der Waals surface area contributed by atoms with Crippen LogP contribution < -0.4 is 10.1 Å². The fraction of sp³-hybridized carbons (Fsp3) is 0.571. The molecule has 0 spiro atoms. The largest absolute Gasteiger partial charge is 0.489 e. The Labute approximate surface area is 129 Å². The van der Waals surface area contributed by atoms with Gasteiger partial charge in [-0.05, 0) is 24.5 Å². The Morgan fingerprint density at radius 2 is 2.30 bits per heavy atom. The van der Waals surface area contributed by atoms with E-state index in [1.165, 1.54) is 0 Å². The molecule has 0 amide bonds. The van der Waals surface area contributed by atoms with Gasteiger partial charge in [0.15, 0.2) is 0 Å². The summed E-state index contributed by atoms with van der Waals surface area (Å²) in [6, 6.07) is 5.00. The van der Waals surface area contributed by atoms with E-state index in [9.17, 15) is 5.11 Å². The van der Waals surface area contributed by atoms with E-state index < -0.39 is 6.10 Å². The van der Waals surface area contributed by atoms with Gasteiger partial charge in [-0.3, -0.25) is 0 Å². The van der Waals surface area contributed by atoms with Gasteiger partial charge in [0.25, 0.3) is 0 Å². The monoisotopic (exact) mass is 319 g/mol. The third kappa shape index (κ3) is 5.11. The molecule has 1 aliphatic heterocycles. The summed E-state index contributed by atoms with van der Waals surface area (Å²) in [5.41, 5.74) is 0. The standard InChI is InChI=1S/C14H19Cl2NO3/c15-11-1-2-13(16)14(5-11)20-9-12(18)7-17-6-10-3-4-19-8-10/h1-2,5,10,12,17-18H,3-4,6-9H2. The summed E-state index contributed by atoms with van der Waals surface area (Å²) < 4.78 is 10.8. The van der Waals surface area contributed by atoms with E-state index in [-0.39, 0.29) is 6.61 Å². The van der Waals surface area contributed by atoms with Crippen molar-refractivity contribution >= 4 is 23.2 Å². The van der Waals surface area contributed by atoms with E-state index in [4.69, 9.17) is 32.7 Å². The Kier molecular flexibility index (Phi) is 6.39. The topological polar surface area (TPSA) is 50.7 Å². The number of benzene rings is 1. The van der Waals surface area contributed by atoms with Crippen molar-refractivity contribution in [3.05, 3.63) is 28.2 Å². The molecule has 2 N–H and O–H groups in total. The first-order valence-corrected chi connectivity index (χ1v) is 7.45. The minimum atomic E-state index is -0.590. The molecule has 6 heteroatoms. The highest BCUT2D eigenvalue weighted by Crippen LogP contribution is 2.27. The molecule has 1 fully saturated rings. The van der Waals surface area contributed by atoms with Gasteiger partial charge >= 0.3 is 0 Å². The summed E-state index contributed by atoms with van der Waals surface area (Å²) in [7, 11) is 0. The van der Waals surface area contributed by atoms with Crippen LogP contribution in [0.2, 0.25) is 10.0 Å². The number of halogens is 2. The summed E-state index contributed by atoms with van der Waals surface area (Å²) in [6.07, 6.45) is 0.491. The van der Waals surface area contributed by atoms with Crippen LogP contribution in [0.3, 0.4) is 0 Å². The minimum Gasteiger partial charge on any atom is -0.489 e. The fourth-order valence-electron chi connectivity index (χ4n) is 2.03. The Morgan fingerprint density at radius 3 is 3.05 bits per heavy atom. The highest BCUT2D eigenvalue weighted by Gasteiger charge is 2.15. The maximum atomic E-state index is 9.85. The molecule has 20 heavy (non-hydrogen) atoms. The van der Waals surface area contributed by atoms with E-state index in [0.29, 0.717) is 28.3 Å². The van der Waals surface area contributed by atoms with Gasteiger partial charge in [-0.1, -0.05) is 23.2 Å². The third-order valence-electron chi connectivity index (χ3n) is 3.16. The van der Waals surface area contributed by atoms with Crippen LogP contribution in [-0.2, 0) is 4.74 Å². The molecule has 0 bridgehead atoms. The first-order valence-electron chi connectivity index (χ1n) is 6.69. The van der Waals surface area contributed by atoms with E-state index in [1.54, 1.807) is 18.2 Å². The number of hydrogen-bond donors (Lipinski definition) is 2. The quantitative estimate of drug-likeness (QED) is 0.810. The van der Waals surface area contributed by atoms with Crippen molar-refractivity contribution in [3.8, 4) is 5.75 Å². The molecular weight excluding hydrogens is 301 g/mol. The van der Waals surface area contributed by atoms with Crippen molar-refractivity contribution in [1.82, 2.24) is 5.32 Å². The zero-order chi connectivity index (χ0) is 14.4. The molecule has 1 aromatic carbocycles. The lowest BCUT2D eigenvalue weighted by atomic mass is 10.1. The molecule has 0 saturated carbocycles. The van der Waals surface area contributed by atoms with Crippen molar-refractivity contribution in [2.75, 3.05) is 32.9 Å². The van der Waals surface area contributed by atoms with Gasteiger partial charge in [-0.15, -0.1) is 0 Å². The van der Waals surface area contributed by atoms with Crippen LogP contribution >= 0.6 is 23.2 Å². The lowest BCUT2D eigenvalue weighted by Gasteiger charge is -2.15. The number of hydrogen-bond acceptors (Lipinski definition) is 4. The fourth-order valence-corrected chi connectivity index (χ4v) is 2.37. The smallest absolute Gasteiger partial charge is 0.139 e. The van der Waals surface area contributed by atoms with Crippen molar-refractivity contribution < 1.29 is 14.6 Å². The van der Waals surface area contributed by atoms with E-state index in [1.807, 2.05) is 0 Å². The number of rotatable bonds is 7. The van der Waals surface area contributed by atoms with Crippen LogP contribution in [0.1, 0.15) is 6.42 Å². The van der Waals surface area contributed by atoms with Gasteiger partial charge in [-0.25, -0.2) is 0 Å². The van der Waals surface area contributed by atoms with Crippen molar-refractivity contribution in [2.45, 2.75) is 12.5 Å². The SMILES string of the molecule is OC(CNCC1CCOC1)COc1cc(Cl)ccc1Cl. The number of aliphatic hydroxyl groups is 1. The van der Waals surface area contributed by atoms with Gasteiger partial charge in [-0.2, -0.15) is 0 Å². The first-order chi connectivity index (χ1) is 9.65. The molecule has 0 aromatic heterocycles. The maximum Gasteiger partial charge on any atom is 0.139 e. The molecular formula is C14H19Cl2NO3.